The van der Waals surface area contributed by atoms with Crippen LogP contribution >= 0.6 is 0 Å². The van der Waals surface area contributed by atoms with Crippen LogP contribution < -0.4 is 20.1 Å². The van der Waals surface area contributed by atoms with Gasteiger partial charge in [0.1, 0.15) is 5.82 Å². The minimum atomic E-state index is -3.70. The molecule has 1 aromatic heterocycles. The molecule has 2 aliphatic heterocycles. The molecule has 1 aliphatic carbocycles. The number of aromatic nitrogens is 2. The Balaban J connectivity index is 1.37. The fourth-order valence-corrected chi connectivity index (χ4v) is 6.93. The van der Waals surface area contributed by atoms with Crippen molar-refractivity contribution in [3.8, 4) is 11.5 Å². The van der Waals surface area contributed by atoms with E-state index >= 15 is 0 Å². The number of anilines is 2. The van der Waals surface area contributed by atoms with Crippen LogP contribution in [0.4, 0.5) is 11.8 Å². The molecule has 1 spiro atoms. The number of amides is 2. The van der Waals surface area contributed by atoms with Crippen molar-refractivity contribution in [1.29, 1.82) is 0 Å². The smallest absolute Gasteiger partial charge is 0.264 e. The summed E-state index contributed by atoms with van der Waals surface area (Å²) in [6.07, 6.45) is 3.76. The molecule has 2 amide bonds. The summed E-state index contributed by atoms with van der Waals surface area (Å²) in [7, 11) is -0.614. The van der Waals surface area contributed by atoms with Gasteiger partial charge in [0.15, 0.2) is 11.5 Å². The third-order valence-corrected chi connectivity index (χ3v) is 8.50. The number of fused-ring (bicyclic) bond motifs is 1. The van der Waals surface area contributed by atoms with Gasteiger partial charge in [-0.2, -0.15) is 13.4 Å². The second-order valence-electron chi connectivity index (χ2n) is 10.4. The fourth-order valence-electron chi connectivity index (χ4n) is 6.21. The molecule has 0 bridgehead atoms. The Hall–Kier alpha value is -3.19. The van der Waals surface area contributed by atoms with Crippen molar-refractivity contribution in [3.05, 3.63) is 12.1 Å². The largest absolute Gasteiger partial charge is 0.493 e. The lowest BCUT2D eigenvalue weighted by atomic mass is 9.74. The summed E-state index contributed by atoms with van der Waals surface area (Å²) < 4.78 is 39.7. The van der Waals surface area contributed by atoms with Gasteiger partial charge in [0.25, 0.3) is 10.1 Å². The number of rotatable bonds is 6. The number of piperidine rings is 2. The van der Waals surface area contributed by atoms with Crippen LogP contribution in [-0.2, 0) is 23.9 Å². The number of benzene rings is 1. The summed E-state index contributed by atoms with van der Waals surface area (Å²) in [6, 6.07) is 3.13. The number of carbonyl (C=O) groups excluding carboxylic acids is 2. The first-order valence-corrected chi connectivity index (χ1v) is 14.5. The van der Waals surface area contributed by atoms with E-state index in [1.165, 1.54) is 4.90 Å². The second kappa shape index (κ2) is 9.84. The number of nitrogens with two attached hydrogens (primary N) is 1. The summed E-state index contributed by atoms with van der Waals surface area (Å²) in [5.41, 5.74) is 6.11. The predicted molar refractivity (Wildman–Crippen MR) is 139 cm³/mol. The number of carbonyl (C=O) groups is 2. The Labute approximate surface area is 221 Å². The van der Waals surface area contributed by atoms with Crippen molar-refractivity contribution in [2.75, 3.05) is 44.2 Å². The van der Waals surface area contributed by atoms with Gasteiger partial charge in [0.05, 0.1) is 38.1 Å². The van der Waals surface area contributed by atoms with Crippen LogP contribution in [0.15, 0.2) is 12.1 Å². The van der Waals surface area contributed by atoms with Crippen molar-refractivity contribution < 1.29 is 31.7 Å². The van der Waals surface area contributed by atoms with E-state index in [1.54, 1.807) is 26.4 Å². The van der Waals surface area contributed by atoms with E-state index in [0.717, 1.165) is 19.1 Å². The van der Waals surface area contributed by atoms with Crippen molar-refractivity contribution in [2.24, 2.45) is 5.41 Å². The van der Waals surface area contributed by atoms with Crippen LogP contribution in [0, 0.1) is 5.41 Å². The number of imide groups is 1. The molecule has 1 saturated carbocycles. The molecule has 2 saturated heterocycles. The van der Waals surface area contributed by atoms with Crippen LogP contribution in [0.3, 0.4) is 0 Å². The van der Waals surface area contributed by atoms with Gasteiger partial charge in [-0.05, 0) is 31.7 Å². The molecule has 1 aromatic carbocycles. The summed E-state index contributed by atoms with van der Waals surface area (Å²) in [6.45, 7) is 1.03. The van der Waals surface area contributed by atoms with E-state index < -0.39 is 21.6 Å². The number of methoxy groups -OCH3 is 2. The normalized spacial score (nSPS) is 23.9. The fraction of sp³-hybridized carbons (Fsp3) is 0.600. The highest BCUT2D eigenvalue weighted by Gasteiger charge is 2.53. The van der Waals surface area contributed by atoms with Crippen molar-refractivity contribution in [2.45, 2.75) is 57.1 Å². The molecule has 206 valence electrons. The van der Waals surface area contributed by atoms with Crippen LogP contribution in [-0.4, -0.2) is 80.8 Å². The molecule has 2 N–H and O–H groups in total. The van der Waals surface area contributed by atoms with Gasteiger partial charge < -0.3 is 20.1 Å². The second-order valence-corrected chi connectivity index (χ2v) is 12.0. The van der Waals surface area contributed by atoms with Gasteiger partial charge >= 0.3 is 0 Å². The molecule has 13 heteroatoms. The average molecular weight is 548 g/mol. The minimum absolute atomic E-state index is 0.0937. The monoisotopic (exact) mass is 547 g/mol. The van der Waals surface area contributed by atoms with E-state index in [9.17, 15) is 18.0 Å². The highest BCUT2D eigenvalue weighted by Crippen LogP contribution is 2.49. The van der Waals surface area contributed by atoms with Gasteiger partial charge in [-0.15, -0.1) is 0 Å². The van der Waals surface area contributed by atoms with E-state index in [1.807, 2.05) is 4.90 Å². The topological polar surface area (TPSA) is 154 Å². The third-order valence-electron chi connectivity index (χ3n) is 7.92. The predicted octanol–water partition coefficient (Wildman–Crippen LogP) is 1.86. The zero-order chi connectivity index (χ0) is 27.2. The first-order chi connectivity index (χ1) is 18.0. The van der Waals surface area contributed by atoms with Gasteiger partial charge in [0.2, 0.25) is 17.8 Å². The quantitative estimate of drug-likeness (QED) is 0.416. The zero-order valence-corrected chi connectivity index (χ0v) is 22.6. The van der Waals surface area contributed by atoms with Crippen molar-refractivity contribution >= 4 is 44.6 Å². The Morgan fingerprint density at radius 2 is 1.71 bits per heavy atom. The van der Waals surface area contributed by atoms with Crippen LogP contribution in [0.25, 0.3) is 10.9 Å². The number of likely N-dealkylation sites (tertiary alicyclic amines) is 1. The molecule has 2 aromatic rings. The highest BCUT2D eigenvalue weighted by atomic mass is 32.2. The molecule has 3 heterocycles. The molecule has 3 fully saturated rings. The summed E-state index contributed by atoms with van der Waals surface area (Å²) in [5, 5.41) is 0.633. The molecule has 0 radical (unpaired) electrons. The van der Waals surface area contributed by atoms with Gasteiger partial charge in [-0.3, -0.25) is 18.7 Å². The molecule has 2 atom stereocenters. The number of hydrogen-bond acceptors (Lipinski definition) is 11. The Kier molecular flexibility index (Phi) is 6.84. The van der Waals surface area contributed by atoms with Crippen LogP contribution in [0.2, 0.25) is 0 Å². The van der Waals surface area contributed by atoms with Crippen molar-refractivity contribution in [3.63, 3.8) is 0 Å². The highest BCUT2D eigenvalue weighted by molar-refractivity contribution is 7.86. The molecule has 12 nitrogen and oxygen atoms in total. The average Bonchev–Trinajstić information content (AvgIpc) is 3.21. The van der Waals surface area contributed by atoms with Crippen LogP contribution in [0.5, 0.6) is 11.5 Å². The summed E-state index contributed by atoms with van der Waals surface area (Å²) >= 11 is 0. The lowest BCUT2D eigenvalue weighted by Gasteiger charge is -2.45. The molecular weight excluding hydrogens is 514 g/mol. The van der Waals surface area contributed by atoms with Gasteiger partial charge in [0, 0.05) is 42.8 Å². The molecule has 38 heavy (non-hydrogen) atoms. The SMILES string of the molecule is COc1cc2nc(N3CCCC(N4C(=O)CC5(CCCC5OS(C)(=O)=O)CC4=O)C3)nc(N)c2cc1OC. The lowest BCUT2D eigenvalue weighted by molar-refractivity contribution is -0.159. The summed E-state index contributed by atoms with van der Waals surface area (Å²) in [5.74, 6) is 1.17. The number of ether oxygens (including phenoxy) is 2. The van der Waals surface area contributed by atoms with E-state index in [2.05, 4.69) is 4.98 Å². The molecule has 5 rings (SSSR count). The maximum Gasteiger partial charge on any atom is 0.264 e. The summed E-state index contributed by atoms with van der Waals surface area (Å²) in [4.78, 5) is 39.3. The Morgan fingerprint density at radius 1 is 1.03 bits per heavy atom. The maximum atomic E-state index is 13.4. The zero-order valence-electron chi connectivity index (χ0n) is 21.8. The van der Waals surface area contributed by atoms with E-state index in [4.69, 9.17) is 24.4 Å². The number of hydrogen-bond donors (Lipinski definition) is 1. The maximum absolute atomic E-state index is 13.4. The lowest BCUT2D eigenvalue weighted by Crippen LogP contribution is -2.58. The third kappa shape index (κ3) is 4.84. The number of nitrogens with zero attached hydrogens (tertiary/aromatic N) is 4. The van der Waals surface area contributed by atoms with Crippen molar-refractivity contribution in [1.82, 2.24) is 14.9 Å². The van der Waals surface area contributed by atoms with Crippen LogP contribution in [0.1, 0.15) is 44.9 Å². The van der Waals surface area contributed by atoms with Gasteiger partial charge in [-0.25, -0.2) is 4.98 Å². The number of nitrogen functional groups attached to an aromatic ring is 1. The molecule has 3 aliphatic rings. The Bertz CT molecular complexity index is 1360. The molecular formula is C25H33N5O7S. The first-order valence-electron chi connectivity index (χ1n) is 12.7. The van der Waals surface area contributed by atoms with E-state index in [-0.39, 0.29) is 30.7 Å². The first kappa shape index (κ1) is 26.4. The molecule has 2 unspecified atom stereocenters. The van der Waals surface area contributed by atoms with Gasteiger partial charge in [-0.1, -0.05) is 6.42 Å². The Morgan fingerprint density at radius 3 is 2.37 bits per heavy atom. The minimum Gasteiger partial charge on any atom is -0.493 e. The standard InChI is InChI=1S/C25H33N5O7S/c1-35-18-10-16-17(11-19(18)36-2)27-24(28-23(16)26)29-9-5-6-15(14-29)30-21(31)12-25(13-22(30)32)8-4-7-20(25)37-38(3,33)34/h10-11,15,20H,4-9,12-14H2,1-3H3,(H2,26,27,28). The van der Waals surface area contributed by atoms with E-state index in [0.29, 0.717) is 66.5 Å².